The Morgan fingerprint density at radius 3 is 2.84 bits per heavy atom. The van der Waals surface area contributed by atoms with Crippen molar-refractivity contribution in [2.45, 2.75) is 18.9 Å². The predicted octanol–water partition coefficient (Wildman–Crippen LogP) is 3.55. The summed E-state index contributed by atoms with van der Waals surface area (Å²) in [6.07, 6.45) is 1.95. The minimum absolute atomic E-state index is 0.101. The standard InChI is InChI=1S/C22H22N4O4S/c27-20(25-22(28)23-14-7-8-17-18(12-14)30-11-10-29-17)13-26-9-3-5-16(26)21-24-15-4-1-2-6-19(15)31-21/h1-2,4,6-8,12,16H,3,5,9-11,13H2,(H2,23,25,27,28)/t16-/m0/s1. The number of nitrogens with one attached hydrogen (secondary N) is 2. The van der Waals surface area contributed by atoms with E-state index in [-0.39, 0.29) is 18.5 Å². The maximum atomic E-state index is 12.5. The Hall–Kier alpha value is -3.17. The molecule has 2 aliphatic heterocycles. The third-order valence-corrected chi connectivity index (χ3v) is 6.50. The molecule has 3 amide bonds. The Morgan fingerprint density at radius 1 is 1.13 bits per heavy atom. The van der Waals surface area contributed by atoms with Crippen molar-refractivity contribution in [3.05, 3.63) is 47.5 Å². The van der Waals surface area contributed by atoms with Gasteiger partial charge in [0.1, 0.15) is 18.2 Å². The van der Waals surface area contributed by atoms with Gasteiger partial charge in [-0.3, -0.25) is 15.0 Å². The van der Waals surface area contributed by atoms with Crippen LogP contribution in [0.1, 0.15) is 23.9 Å². The van der Waals surface area contributed by atoms with Crippen molar-refractivity contribution in [1.29, 1.82) is 0 Å². The smallest absolute Gasteiger partial charge is 0.325 e. The zero-order chi connectivity index (χ0) is 21.2. The highest BCUT2D eigenvalue weighted by molar-refractivity contribution is 7.18. The van der Waals surface area contributed by atoms with Crippen LogP contribution in [-0.4, -0.2) is 48.1 Å². The number of urea groups is 1. The lowest BCUT2D eigenvalue weighted by Gasteiger charge is -2.22. The molecule has 1 fully saturated rings. The first kappa shape index (κ1) is 19.8. The van der Waals surface area contributed by atoms with Gasteiger partial charge in [-0.1, -0.05) is 12.1 Å². The third-order valence-electron chi connectivity index (χ3n) is 5.36. The summed E-state index contributed by atoms with van der Waals surface area (Å²) in [6.45, 7) is 1.92. The second-order valence-corrected chi connectivity index (χ2v) is 8.57. The van der Waals surface area contributed by atoms with Gasteiger partial charge in [0.2, 0.25) is 5.91 Å². The summed E-state index contributed by atoms with van der Waals surface area (Å²) in [5, 5.41) is 6.11. The van der Waals surface area contributed by atoms with Crippen LogP contribution in [0.15, 0.2) is 42.5 Å². The highest BCUT2D eigenvalue weighted by Crippen LogP contribution is 2.36. The molecule has 160 valence electrons. The number of carbonyl (C=O) groups excluding carboxylic acids is 2. The van der Waals surface area contributed by atoms with Crippen LogP contribution < -0.4 is 20.1 Å². The summed E-state index contributed by atoms with van der Waals surface area (Å²) in [7, 11) is 0. The summed E-state index contributed by atoms with van der Waals surface area (Å²) in [4.78, 5) is 31.6. The third kappa shape index (κ3) is 4.33. The molecule has 2 aromatic carbocycles. The predicted molar refractivity (Wildman–Crippen MR) is 118 cm³/mol. The number of nitrogens with zero attached hydrogens (tertiary/aromatic N) is 2. The normalized spacial score (nSPS) is 18.1. The molecule has 1 saturated heterocycles. The van der Waals surface area contributed by atoms with Crippen molar-refractivity contribution in [3.8, 4) is 11.5 Å². The van der Waals surface area contributed by atoms with Gasteiger partial charge in [0.25, 0.3) is 0 Å². The Kier molecular flexibility index (Phi) is 5.44. The van der Waals surface area contributed by atoms with Gasteiger partial charge in [0.15, 0.2) is 11.5 Å². The van der Waals surface area contributed by atoms with E-state index in [4.69, 9.17) is 14.5 Å². The second-order valence-electron chi connectivity index (χ2n) is 7.51. The summed E-state index contributed by atoms with van der Waals surface area (Å²) in [5.41, 5.74) is 1.51. The number of hydrogen-bond acceptors (Lipinski definition) is 7. The molecule has 5 rings (SSSR count). The summed E-state index contributed by atoms with van der Waals surface area (Å²) < 4.78 is 12.1. The molecule has 8 nitrogen and oxygen atoms in total. The largest absolute Gasteiger partial charge is 0.486 e. The van der Waals surface area contributed by atoms with Gasteiger partial charge in [0, 0.05) is 11.8 Å². The number of amides is 3. The highest BCUT2D eigenvalue weighted by atomic mass is 32.1. The van der Waals surface area contributed by atoms with E-state index in [0.717, 1.165) is 34.6 Å². The summed E-state index contributed by atoms with van der Waals surface area (Å²) in [5.74, 6) is 0.873. The zero-order valence-corrected chi connectivity index (χ0v) is 17.6. The number of likely N-dealkylation sites (tertiary alicyclic amines) is 1. The second kappa shape index (κ2) is 8.52. The molecule has 0 saturated carbocycles. The fourth-order valence-electron chi connectivity index (χ4n) is 3.96. The Bertz CT molecular complexity index is 1100. The number of anilines is 1. The van der Waals surface area contributed by atoms with Crippen molar-refractivity contribution in [1.82, 2.24) is 15.2 Å². The maximum Gasteiger partial charge on any atom is 0.325 e. The van der Waals surface area contributed by atoms with Crippen LogP contribution in [0.3, 0.4) is 0 Å². The van der Waals surface area contributed by atoms with Crippen molar-refractivity contribution >= 4 is 39.2 Å². The molecule has 9 heteroatoms. The van der Waals surface area contributed by atoms with Gasteiger partial charge >= 0.3 is 6.03 Å². The van der Waals surface area contributed by atoms with E-state index in [9.17, 15) is 9.59 Å². The van der Waals surface area contributed by atoms with E-state index >= 15 is 0 Å². The van der Waals surface area contributed by atoms with Crippen molar-refractivity contribution in [2.24, 2.45) is 0 Å². The van der Waals surface area contributed by atoms with Crippen LogP contribution in [0.2, 0.25) is 0 Å². The molecule has 1 atom stereocenters. The summed E-state index contributed by atoms with van der Waals surface area (Å²) >= 11 is 1.67. The molecule has 1 aromatic heterocycles. The van der Waals surface area contributed by atoms with E-state index in [1.165, 1.54) is 0 Å². The Labute approximate surface area is 183 Å². The first-order valence-electron chi connectivity index (χ1n) is 10.3. The molecular formula is C22H22N4O4S. The number of benzene rings is 2. The van der Waals surface area contributed by atoms with Gasteiger partial charge < -0.3 is 14.8 Å². The van der Waals surface area contributed by atoms with Gasteiger partial charge in [-0.2, -0.15) is 0 Å². The number of imide groups is 1. The quantitative estimate of drug-likeness (QED) is 0.647. The molecule has 0 aliphatic carbocycles. The molecule has 2 aliphatic rings. The zero-order valence-electron chi connectivity index (χ0n) is 16.8. The molecule has 0 spiro atoms. The lowest BCUT2D eigenvalue weighted by Crippen LogP contribution is -2.41. The lowest BCUT2D eigenvalue weighted by molar-refractivity contribution is -0.121. The highest BCUT2D eigenvalue weighted by Gasteiger charge is 2.30. The Balaban J connectivity index is 1.19. The summed E-state index contributed by atoms with van der Waals surface area (Å²) in [6, 6.07) is 12.7. The van der Waals surface area contributed by atoms with Crippen LogP contribution in [0.5, 0.6) is 11.5 Å². The minimum Gasteiger partial charge on any atom is -0.486 e. The number of fused-ring (bicyclic) bond motifs is 2. The molecule has 0 bridgehead atoms. The molecular weight excluding hydrogens is 416 g/mol. The van der Waals surface area contributed by atoms with Gasteiger partial charge in [-0.25, -0.2) is 9.78 Å². The number of aromatic nitrogens is 1. The Morgan fingerprint density at radius 2 is 1.97 bits per heavy atom. The van der Waals surface area contributed by atoms with Crippen LogP contribution in [0.25, 0.3) is 10.2 Å². The number of hydrogen-bond donors (Lipinski definition) is 2. The van der Waals surface area contributed by atoms with E-state index in [0.29, 0.717) is 30.4 Å². The fourth-order valence-corrected chi connectivity index (χ4v) is 5.10. The first-order valence-corrected chi connectivity index (χ1v) is 11.1. The van der Waals surface area contributed by atoms with E-state index in [1.807, 2.05) is 18.2 Å². The van der Waals surface area contributed by atoms with Gasteiger partial charge in [-0.15, -0.1) is 11.3 Å². The average Bonchev–Trinajstić information content (AvgIpc) is 3.39. The minimum atomic E-state index is -0.572. The van der Waals surface area contributed by atoms with E-state index < -0.39 is 6.03 Å². The van der Waals surface area contributed by atoms with Gasteiger partial charge in [-0.05, 0) is 43.7 Å². The molecule has 0 radical (unpaired) electrons. The molecule has 0 unspecified atom stereocenters. The van der Waals surface area contributed by atoms with Gasteiger partial charge in [0.05, 0.1) is 22.8 Å². The monoisotopic (exact) mass is 438 g/mol. The fraction of sp³-hybridized carbons (Fsp3) is 0.318. The number of thiazole rings is 1. The SMILES string of the molecule is O=C(CN1CCC[C@H]1c1nc2ccccc2s1)NC(=O)Nc1ccc2c(c1)OCCO2. The number of para-hydroxylation sites is 1. The average molecular weight is 439 g/mol. The van der Waals surface area contributed by atoms with Crippen LogP contribution in [-0.2, 0) is 4.79 Å². The number of carbonyl (C=O) groups is 2. The lowest BCUT2D eigenvalue weighted by atomic mass is 10.2. The van der Waals surface area contributed by atoms with Crippen LogP contribution in [0.4, 0.5) is 10.5 Å². The number of rotatable bonds is 4. The van der Waals surface area contributed by atoms with Crippen molar-refractivity contribution in [2.75, 3.05) is 31.6 Å². The topological polar surface area (TPSA) is 92.8 Å². The van der Waals surface area contributed by atoms with Crippen LogP contribution in [0, 0.1) is 0 Å². The van der Waals surface area contributed by atoms with E-state index in [2.05, 4.69) is 21.6 Å². The molecule has 3 heterocycles. The number of ether oxygens (including phenoxy) is 2. The maximum absolute atomic E-state index is 12.5. The van der Waals surface area contributed by atoms with Crippen molar-refractivity contribution < 1.29 is 19.1 Å². The molecule has 3 aromatic rings. The van der Waals surface area contributed by atoms with E-state index in [1.54, 1.807) is 29.5 Å². The molecule has 31 heavy (non-hydrogen) atoms. The van der Waals surface area contributed by atoms with Crippen LogP contribution >= 0.6 is 11.3 Å². The van der Waals surface area contributed by atoms with Crippen molar-refractivity contribution in [3.63, 3.8) is 0 Å². The molecule has 2 N–H and O–H groups in total. The first-order chi connectivity index (χ1) is 15.2.